The number of aliphatic hydroxyl groups excluding tert-OH is 1. The van der Waals surface area contributed by atoms with Crippen LogP contribution in [0.2, 0.25) is 0 Å². The Labute approximate surface area is 310 Å². The Morgan fingerprint density at radius 1 is 0.796 bits per heavy atom. The first-order valence-electron chi connectivity index (χ1n) is 16.7. The number of pyridine rings is 1. The molecular formula is C39H41N3O12. The van der Waals surface area contributed by atoms with E-state index < -0.39 is 50.1 Å². The fourth-order valence-corrected chi connectivity index (χ4v) is 6.00. The summed E-state index contributed by atoms with van der Waals surface area (Å²) in [5.41, 5.74) is 4.61. The highest BCUT2D eigenvalue weighted by Crippen LogP contribution is 2.42. The van der Waals surface area contributed by atoms with Gasteiger partial charge in [-0.3, -0.25) is 28.9 Å². The summed E-state index contributed by atoms with van der Waals surface area (Å²) in [4.78, 5) is 60.9. The van der Waals surface area contributed by atoms with E-state index in [1.807, 2.05) is 41.8 Å². The highest BCUT2D eigenvalue weighted by atomic mass is 16.5. The summed E-state index contributed by atoms with van der Waals surface area (Å²) in [6.07, 6.45) is 2.84. The quantitative estimate of drug-likeness (QED) is 0.0465. The molecule has 0 unspecified atom stereocenters. The van der Waals surface area contributed by atoms with Crippen LogP contribution in [0, 0.1) is 6.92 Å². The number of hydrogen-bond acceptors (Lipinski definition) is 10. The van der Waals surface area contributed by atoms with Crippen molar-refractivity contribution in [3.63, 3.8) is 0 Å². The zero-order chi connectivity index (χ0) is 39.4. The van der Waals surface area contributed by atoms with Crippen molar-refractivity contribution in [1.82, 2.24) is 9.47 Å². The number of carboxylic acid groups (broad SMARTS) is 4. The molecule has 2 aromatic rings. The molecule has 0 spiro atoms. The molecule has 2 aliphatic rings. The third-order valence-corrected chi connectivity index (χ3v) is 8.25. The van der Waals surface area contributed by atoms with Crippen LogP contribution >= 0.6 is 0 Å². The number of aliphatic carboxylic acids is 4. The maximum atomic E-state index is 12.8. The Bertz CT molecular complexity index is 2030. The third-order valence-electron chi connectivity index (χ3n) is 8.25. The van der Waals surface area contributed by atoms with E-state index in [2.05, 4.69) is 6.58 Å². The summed E-state index contributed by atoms with van der Waals surface area (Å²) in [5, 5.41) is 48.0. The minimum Gasteiger partial charge on any atom is -0.508 e. The second-order valence-corrected chi connectivity index (χ2v) is 12.2. The van der Waals surface area contributed by atoms with E-state index >= 15 is 0 Å². The van der Waals surface area contributed by atoms with E-state index in [-0.39, 0.29) is 49.0 Å². The van der Waals surface area contributed by atoms with Crippen molar-refractivity contribution in [1.29, 1.82) is 0 Å². The van der Waals surface area contributed by atoms with Crippen LogP contribution in [0.5, 0.6) is 5.75 Å². The van der Waals surface area contributed by atoms with Crippen LogP contribution < -0.4 is 15.1 Å². The number of anilines is 1. The van der Waals surface area contributed by atoms with Crippen molar-refractivity contribution in [3.05, 3.63) is 112 Å². The predicted octanol–water partition coefficient (Wildman–Crippen LogP) is 3.90. The van der Waals surface area contributed by atoms with Gasteiger partial charge in [0.1, 0.15) is 31.2 Å². The number of aromatic nitrogens is 1. The number of nitrogens with zero attached hydrogens (tertiary/aromatic N) is 3. The number of carboxylic acids is 4. The highest BCUT2D eigenvalue weighted by Gasteiger charge is 2.24. The van der Waals surface area contributed by atoms with E-state index in [4.69, 9.17) is 19.7 Å². The van der Waals surface area contributed by atoms with Gasteiger partial charge < -0.3 is 44.5 Å². The maximum Gasteiger partial charge on any atom is 0.323 e. The van der Waals surface area contributed by atoms with E-state index in [1.54, 1.807) is 30.3 Å². The van der Waals surface area contributed by atoms with Crippen LogP contribution in [0.1, 0.15) is 16.8 Å². The number of benzene rings is 3. The number of fused-ring (bicyclic) bond motifs is 1. The van der Waals surface area contributed by atoms with Crippen LogP contribution in [-0.4, -0.2) is 111 Å². The molecule has 0 saturated carbocycles. The van der Waals surface area contributed by atoms with Crippen LogP contribution in [-0.2, 0) is 30.5 Å². The average molecular weight is 744 g/mol. The first-order chi connectivity index (χ1) is 25.8. The summed E-state index contributed by atoms with van der Waals surface area (Å²) in [6.45, 7) is 3.43. The fraction of sp³-hybridized carbons (Fsp3) is 0.256. The van der Waals surface area contributed by atoms with Crippen molar-refractivity contribution in [2.75, 3.05) is 57.4 Å². The second-order valence-electron chi connectivity index (χ2n) is 12.2. The maximum absolute atomic E-state index is 12.8. The number of hydrogen-bond donors (Lipinski definition) is 5. The van der Waals surface area contributed by atoms with Gasteiger partial charge in [0.2, 0.25) is 0 Å². The van der Waals surface area contributed by atoms with Gasteiger partial charge in [-0.1, -0.05) is 43.0 Å². The van der Waals surface area contributed by atoms with Gasteiger partial charge in [-0.15, -0.1) is 0 Å². The summed E-state index contributed by atoms with van der Waals surface area (Å²) in [7, 11) is 0. The topological polar surface area (TPSA) is 216 Å². The van der Waals surface area contributed by atoms with Crippen molar-refractivity contribution < 1.29 is 54.2 Å². The van der Waals surface area contributed by atoms with Gasteiger partial charge in [0.15, 0.2) is 5.43 Å². The normalized spacial score (nSPS) is 11.4. The van der Waals surface area contributed by atoms with Gasteiger partial charge in [-0.2, -0.15) is 0 Å². The molecule has 284 valence electrons. The standard InChI is InChI=1S/C39H41N3O12/c1-3-28(43)18-32-25(2)39(30-11-10-29(44)19-33(30)42(32)20-26-7-5-4-6-8-26)27-9-12-31(41(23-37(49)50)24-38(51)52)34(17-27)54-16-15-53-14-13-40(21-35(45)46)22-36(47)48/h3-12,17-19,43H,1,13-16,20-24H2,2H3,(H,45,46)(H,47,48)(H,49,50)(H,51,52)/b28-18+. The van der Waals surface area contributed by atoms with Crippen LogP contribution in [0.25, 0.3) is 28.5 Å². The number of rotatable bonds is 21. The van der Waals surface area contributed by atoms with Gasteiger partial charge in [-0.05, 0) is 59.5 Å². The Kier molecular flexibility index (Phi) is 14.1. The van der Waals surface area contributed by atoms with Crippen molar-refractivity contribution in [2.24, 2.45) is 0 Å². The molecule has 15 heteroatoms. The molecule has 0 atom stereocenters. The van der Waals surface area contributed by atoms with Gasteiger partial charge in [0.05, 0.1) is 37.7 Å². The number of ether oxygens (including phenoxy) is 2. The lowest BCUT2D eigenvalue weighted by Crippen LogP contribution is -2.37. The SMILES string of the molecule is C=C/C(O)=C\c1c(C)c(-c2ccc(N(CC(=O)O)CC(=O)O)c(OCCOCCN(CC(=O)O)CC(=O)O)c2)c2ccc(=O)cc-2n1Cc1ccccc1. The van der Waals surface area contributed by atoms with Crippen molar-refractivity contribution in [2.45, 2.75) is 13.5 Å². The molecule has 54 heavy (non-hydrogen) atoms. The molecule has 15 nitrogen and oxygen atoms in total. The average Bonchev–Trinajstić information content (AvgIpc) is 3.10. The van der Waals surface area contributed by atoms with Gasteiger partial charge >= 0.3 is 23.9 Å². The smallest absolute Gasteiger partial charge is 0.323 e. The van der Waals surface area contributed by atoms with Crippen LogP contribution in [0.3, 0.4) is 0 Å². The van der Waals surface area contributed by atoms with Crippen molar-refractivity contribution in [3.8, 4) is 28.1 Å². The lowest BCUT2D eigenvalue weighted by atomic mass is 9.89. The Morgan fingerprint density at radius 2 is 1.44 bits per heavy atom. The molecule has 0 aromatic heterocycles. The molecule has 1 aliphatic carbocycles. The van der Waals surface area contributed by atoms with E-state index in [9.17, 15) is 39.3 Å². The molecule has 4 rings (SSSR count). The number of carbonyl (C=O) groups is 4. The van der Waals surface area contributed by atoms with Gasteiger partial charge in [0, 0.05) is 36.5 Å². The first-order valence-corrected chi connectivity index (χ1v) is 16.7. The second kappa shape index (κ2) is 18.9. The summed E-state index contributed by atoms with van der Waals surface area (Å²) >= 11 is 0. The van der Waals surface area contributed by atoms with Gasteiger partial charge in [0.25, 0.3) is 0 Å². The highest BCUT2D eigenvalue weighted by molar-refractivity contribution is 5.90. The molecule has 0 fully saturated rings. The minimum atomic E-state index is -1.28. The molecule has 2 aromatic carbocycles. The molecule has 5 N–H and O–H groups in total. The number of allylic oxidation sites excluding steroid dienone is 1. The van der Waals surface area contributed by atoms with Gasteiger partial charge in [-0.25, -0.2) is 0 Å². The number of aliphatic hydroxyl groups is 1. The largest absolute Gasteiger partial charge is 0.508 e. The van der Waals surface area contributed by atoms with Crippen molar-refractivity contribution >= 4 is 35.6 Å². The van der Waals surface area contributed by atoms with E-state index in [0.29, 0.717) is 40.2 Å². The summed E-state index contributed by atoms with van der Waals surface area (Å²) < 4.78 is 13.6. The predicted molar refractivity (Wildman–Crippen MR) is 199 cm³/mol. The molecule has 0 radical (unpaired) electrons. The summed E-state index contributed by atoms with van der Waals surface area (Å²) in [5.74, 6) is -4.93. The Hall–Kier alpha value is -6.45. The molecular weight excluding hydrogens is 702 g/mol. The molecule has 0 saturated heterocycles. The lowest BCUT2D eigenvalue weighted by molar-refractivity contribution is -0.142. The Morgan fingerprint density at radius 3 is 2.06 bits per heavy atom. The van der Waals surface area contributed by atoms with E-state index in [1.165, 1.54) is 23.1 Å². The molecule has 0 amide bonds. The van der Waals surface area contributed by atoms with Crippen LogP contribution in [0.4, 0.5) is 5.69 Å². The third kappa shape index (κ3) is 11.0. The summed E-state index contributed by atoms with van der Waals surface area (Å²) in [6, 6.07) is 19.1. The lowest BCUT2D eigenvalue weighted by Gasteiger charge is -2.27. The molecule has 0 bridgehead atoms. The fourth-order valence-electron chi connectivity index (χ4n) is 6.00. The molecule has 1 aliphatic heterocycles. The zero-order valence-electron chi connectivity index (χ0n) is 29.5. The zero-order valence-corrected chi connectivity index (χ0v) is 29.5. The monoisotopic (exact) mass is 743 g/mol. The Balaban J connectivity index is 1.80. The van der Waals surface area contributed by atoms with E-state index in [0.717, 1.165) is 10.5 Å². The first kappa shape index (κ1) is 40.3. The molecule has 1 heterocycles. The van der Waals surface area contributed by atoms with Crippen LogP contribution in [0.15, 0.2) is 89.9 Å². The minimum absolute atomic E-state index is 0.0121.